The van der Waals surface area contributed by atoms with Gasteiger partial charge in [0.15, 0.2) is 5.82 Å². The molecule has 18 heavy (non-hydrogen) atoms. The fourth-order valence-electron chi connectivity index (χ4n) is 1.88. The maximum Gasteiger partial charge on any atom is 0.452 e. The highest BCUT2D eigenvalue weighted by molar-refractivity contribution is 5.85. The van der Waals surface area contributed by atoms with Gasteiger partial charge in [0.1, 0.15) is 0 Å². The second-order valence-corrected chi connectivity index (χ2v) is 3.80. The molecule has 0 saturated heterocycles. The minimum Gasteiger partial charge on any atom is -0.284 e. The first-order chi connectivity index (χ1) is 8.57. The first kappa shape index (κ1) is 10.9. The fourth-order valence-corrected chi connectivity index (χ4v) is 1.88. The van der Waals surface area contributed by atoms with E-state index in [0.29, 0.717) is 11.3 Å². The van der Waals surface area contributed by atoms with Crippen molar-refractivity contribution in [3.8, 4) is 5.69 Å². The lowest BCUT2D eigenvalue weighted by Crippen LogP contribution is -2.15. The van der Waals surface area contributed by atoms with Gasteiger partial charge in [-0.15, -0.1) is 10.2 Å². The Bertz CT molecular complexity index is 627. The van der Waals surface area contributed by atoms with Crippen molar-refractivity contribution >= 4 is 6.21 Å². The van der Waals surface area contributed by atoms with Gasteiger partial charge in [0, 0.05) is 11.8 Å². The van der Waals surface area contributed by atoms with Crippen LogP contribution in [0.15, 0.2) is 29.3 Å². The van der Waals surface area contributed by atoms with E-state index in [0.717, 1.165) is 4.57 Å². The maximum absolute atomic E-state index is 12.9. The standard InChI is InChI=1S/C11H7F3N4/c12-11(13,14)10-17-16-9-6-15-5-7-3-1-2-4-8(7)18(9)10/h1-5H,6H2. The number of fused-ring (bicyclic) bond motifs is 3. The minimum atomic E-state index is -4.54. The molecule has 3 rings (SSSR count). The molecule has 0 bridgehead atoms. The molecule has 1 aliphatic rings. The average molecular weight is 252 g/mol. The monoisotopic (exact) mass is 252 g/mol. The van der Waals surface area contributed by atoms with Gasteiger partial charge in [0.05, 0.1) is 12.2 Å². The summed E-state index contributed by atoms with van der Waals surface area (Å²) in [5.41, 5.74) is 1.01. The van der Waals surface area contributed by atoms with E-state index < -0.39 is 12.0 Å². The second-order valence-electron chi connectivity index (χ2n) is 3.80. The number of nitrogens with zero attached hydrogens (tertiary/aromatic N) is 4. The number of para-hydroxylation sites is 1. The van der Waals surface area contributed by atoms with Gasteiger partial charge in [-0.25, -0.2) is 0 Å². The van der Waals surface area contributed by atoms with Crippen LogP contribution in [0.4, 0.5) is 13.2 Å². The summed E-state index contributed by atoms with van der Waals surface area (Å²) >= 11 is 0. The summed E-state index contributed by atoms with van der Waals surface area (Å²) in [6.45, 7) is 0.0811. The Kier molecular flexibility index (Phi) is 2.22. The highest BCUT2D eigenvalue weighted by Gasteiger charge is 2.39. The summed E-state index contributed by atoms with van der Waals surface area (Å²) in [6.07, 6.45) is -2.99. The zero-order chi connectivity index (χ0) is 12.8. The van der Waals surface area contributed by atoms with Gasteiger partial charge >= 0.3 is 6.18 Å². The quantitative estimate of drug-likeness (QED) is 0.721. The van der Waals surface area contributed by atoms with Gasteiger partial charge in [-0.3, -0.25) is 9.56 Å². The Hall–Kier alpha value is -2.18. The molecule has 0 fully saturated rings. The van der Waals surface area contributed by atoms with Gasteiger partial charge in [0.2, 0.25) is 5.82 Å². The molecule has 92 valence electrons. The minimum absolute atomic E-state index is 0.0811. The summed E-state index contributed by atoms with van der Waals surface area (Å²) in [4.78, 5) is 4.03. The van der Waals surface area contributed by atoms with Crippen molar-refractivity contribution in [1.29, 1.82) is 0 Å². The first-order valence-electron chi connectivity index (χ1n) is 5.18. The number of benzene rings is 1. The van der Waals surface area contributed by atoms with E-state index in [4.69, 9.17) is 0 Å². The number of hydrogen-bond donors (Lipinski definition) is 0. The van der Waals surface area contributed by atoms with Crippen LogP contribution >= 0.6 is 0 Å². The van der Waals surface area contributed by atoms with Crippen molar-refractivity contribution in [1.82, 2.24) is 14.8 Å². The normalized spacial score (nSPS) is 13.9. The Morgan fingerprint density at radius 2 is 1.89 bits per heavy atom. The molecular weight excluding hydrogens is 245 g/mol. The molecule has 7 heteroatoms. The summed E-state index contributed by atoms with van der Waals surface area (Å²) < 4.78 is 39.6. The van der Waals surface area contributed by atoms with Crippen molar-refractivity contribution in [2.75, 3.05) is 0 Å². The van der Waals surface area contributed by atoms with Gasteiger partial charge in [-0.1, -0.05) is 18.2 Å². The molecule has 0 saturated carbocycles. The van der Waals surface area contributed by atoms with Crippen LogP contribution in [0, 0.1) is 0 Å². The Morgan fingerprint density at radius 3 is 2.67 bits per heavy atom. The smallest absolute Gasteiger partial charge is 0.284 e. The lowest BCUT2D eigenvalue weighted by molar-refractivity contribution is -0.146. The van der Waals surface area contributed by atoms with Gasteiger partial charge in [-0.05, 0) is 6.07 Å². The molecule has 1 aliphatic heterocycles. The molecule has 1 aromatic heterocycles. The third-order valence-corrected chi connectivity index (χ3v) is 2.62. The number of aliphatic imine (C=N–C) groups is 1. The molecule has 0 unspecified atom stereocenters. The van der Waals surface area contributed by atoms with E-state index in [1.807, 2.05) is 0 Å². The van der Waals surface area contributed by atoms with Crippen molar-refractivity contribution in [2.45, 2.75) is 12.7 Å². The molecule has 0 amide bonds. The average Bonchev–Trinajstić information content (AvgIpc) is 2.66. The van der Waals surface area contributed by atoms with Gasteiger partial charge in [-0.2, -0.15) is 13.2 Å². The highest BCUT2D eigenvalue weighted by Crippen LogP contribution is 2.31. The number of hydrogen-bond acceptors (Lipinski definition) is 3. The summed E-state index contributed by atoms with van der Waals surface area (Å²) in [6, 6.07) is 6.71. The van der Waals surface area contributed by atoms with Gasteiger partial charge in [0.25, 0.3) is 0 Å². The third-order valence-electron chi connectivity index (χ3n) is 2.62. The topological polar surface area (TPSA) is 43.1 Å². The first-order valence-corrected chi connectivity index (χ1v) is 5.18. The Morgan fingerprint density at radius 1 is 1.11 bits per heavy atom. The molecule has 0 N–H and O–H groups in total. The van der Waals surface area contributed by atoms with Crippen molar-refractivity contribution in [3.63, 3.8) is 0 Å². The molecular formula is C11H7F3N4. The molecule has 0 aliphatic carbocycles. The predicted molar refractivity (Wildman–Crippen MR) is 57.7 cm³/mol. The lowest BCUT2D eigenvalue weighted by Gasteiger charge is -2.11. The van der Waals surface area contributed by atoms with E-state index >= 15 is 0 Å². The predicted octanol–water partition coefficient (Wildman–Crippen LogP) is 2.22. The van der Waals surface area contributed by atoms with Crippen LogP contribution in [-0.4, -0.2) is 21.0 Å². The van der Waals surface area contributed by atoms with Crippen LogP contribution in [0.5, 0.6) is 0 Å². The van der Waals surface area contributed by atoms with E-state index in [1.54, 1.807) is 30.5 Å². The zero-order valence-corrected chi connectivity index (χ0v) is 9.02. The zero-order valence-electron chi connectivity index (χ0n) is 9.02. The van der Waals surface area contributed by atoms with Crippen LogP contribution in [0.3, 0.4) is 0 Å². The van der Waals surface area contributed by atoms with Crippen molar-refractivity contribution in [3.05, 3.63) is 41.5 Å². The molecule has 4 nitrogen and oxygen atoms in total. The molecule has 1 aromatic carbocycles. The van der Waals surface area contributed by atoms with E-state index in [2.05, 4.69) is 15.2 Å². The number of halogens is 3. The Labute approximate surface area is 99.8 Å². The highest BCUT2D eigenvalue weighted by atomic mass is 19.4. The fraction of sp³-hybridized carbons (Fsp3) is 0.182. The van der Waals surface area contributed by atoms with Crippen molar-refractivity contribution in [2.24, 2.45) is 4.99 Å². The summed E-state index contributed by atoms with van der Waals surface area (Å²) in [5, 5.41) is 6.78. The van der Waals surface area contributed by atoms with Crippen LogP contribution in [0.2, 0.25) is 0 Å². The maximum atomic E-state index is 12.9. The van der Waals surface area contributed by atoms with Crippen LogP contribution in [0.1, 0.15) is 17.2 Å². The molecule has 0 radical (unpaired) electrons. The molecule has 2 aromatic rings. The molecule has 2 heterocycles. The van der Waals surface area contributed by atoms with Crippen LogP contribution in [0.25, 0.3) is 5.69 Å². The SMILES string of the molecule is FC(F)(F)c1nnc2n1-c1ccccc1C=NC2. The second kappa shape index (κ2) is 3.66. The van der Waals surface area contributed by atoms with E-state index in [9.17, 15) is 13.2 Å². The van der Waals surface area contributed by atoms with E-state index in [1.165, 1.54) is 0 Å². The van der Waals surface area contributed by atoms with E-state index in [-0.39, 0.29) is 12.4 Å². The van der Waals surface area contributed by atoms with Crippen LogP contribution < -0.4 is 0 Å². The third kappa shape index (κ3) is 1.59. The number of rotatable bonds is 0. The number of aromatic nitrogens is 3. The lowest BCUT2D eigenvalue weighted by atomic mass is 10.2. The largest absolute Gasteiger partial charge is 0.452 e. The molecule has 0 spiro atoms. The Balaban J connectivity index is 2.31. The molecule has 0 atom stereocenters. The summed E-state index contributed by atoms with van der Waals surface area (Å²) in [7, 11) is 0. The van der Waals surface area contributed by atoms with Gasteiger partial charge < -0.3 is 0 Å². The number of alkyl halides is 3. The van der Waals surface area contributed by atoms with Crippen molar-refractivity contribution < 1.29 is 13.2 Å². The summed E-state index contributed by atoms with van der Waals surface area (Å²) in [5.74, 6) is -0.834. The van der Waals surface area contributed by atoms with Crippen LogP contribution in [-0.2, 0) is 12.7 Å².